The van der Waals surface area contributed by atoms with E-state index in [1.165, 1.54) is 31.2 Å². The quantitative estimate of drug-likeness (QED) is 0.920. The molecule has 0 saturated heterocycles. The van der Waals surface area contributed by atoms with E-state index in [9.17, 15) is 18.4 Å². The molecule has 1 aliphatic heterocycles. The van der Waals surface area contributed by atoms with E-state index in [2.05, 4.69) is 4.98 Å². The monoisotopic (exact) mass is 351 g/mol. The number of amides is 2. The summed E-state index contributed by atoms with van der Waals surface area (Å²) in [5, 5.41) is -0.271. The average molecular weight is 352 g/mol. The van der Waals surface area contributed by atoms with Crippen LogP contribution in [0.15, 0.2) is 30.5 Å². The van der Waals surface area contributed by atoms with Crippen molar-refractivity contribution in [1.82, 2.24) is 4.98 Å². The standard InChI is InChI=1S/C16H12ClF2N3O2/c1-16(8-2-4-9(18)5-3-8)12-13(17)10(19)6-21-14(12)22(15(16)24)7-11(20)23/h2-6H,7H2,1H3,(H2,20,23)/t16-/m0/s1. The Morgan fingerprint density at radius 1 is 1.33 bits per heavy atom. The van der Waals surface area contributed by atoms with Gasteiger partial charge < -0.3 is 5.73 Å². The van der Waals surface area contributed by atoms with E-state index in [1.54, 1.807) is 0 Å². The summed E-state index contributed by atoms with van der Waals surface area (Å²) in [6.07, 6.45) is 0.874. The summed E-state index contributed by atoms with van der Waals surface area (Å²) in [7, 11) is 0. The van der Waals surface area contributed by atoms with Crippen molar-refractivity contribution in [2.45, 2.75) is 12.3 Å². The summed E-state index contributed by atoms with van der Waals surface area (Å²) >= 11 is 6.09. The fraction of sp³-hybridized carbons (Fsp3) is 0.188. The second-order valence-electron chi connectivity index (χ2n) is 5.61. The van der Waals surface area contributed by atoms with Crippen molar-refractivity contribution in [2.24, 2.45) is 5.73 Å². The minimum Gasteiger partial charge on any atom is -0.368 e. The molecule has 0 aliphatic carbocycles. The molecule has 2 amide bonds. The Morgan fingerprint density at radius 3 is 2.54 bits per heavy atom. The highest BCUT2D eigenvalue weighted by Gasteiger charge is 2.51. The summed E-state index contributed by atoms with van der Waals surface area (Å²) in [6, 6.07) is 5.19. The molecule has 1 aliphatic rings. The maximum Gasteiger partial charge on any atom is 0.243 e. The number of aromatic nitrogens is 1. The number of hydrogen-bond donors (Lipinski definition) is 1. The van der Waals surface area contributed by atoms with Crippen LogP contribution < -0.4 is 10.6 Å². The van der Waals surface area contributed by atoms with E-state index in [0.29, 0.717) is 5.56 Å². The van der Waals surface area contributed by atoms with Crippen molar-refractivity contribution < 1.29 is 18.4 Å². The van der Waals surface area contributed by atoms with Crippen LogP contribution in [0.4, 0.5) is 14.6 Å². The van der Waals surface area contributed by atoms with Crippen molar-refractivity contribution in [3.05, 3.63) is 58.2 Å². The number of hydrogen-bond acceptors (Lipinski definition) is 3. The molecule has 0 bridgehead atoms. The Bertz CT molecular complexity index is 857. The summed E-state index contributed by atoms with van der Waals surface area (Å²) in [4.78, 5) is 29.2. The number of primary amides is 1. The largest absolute Gasteiger partial charge is 0.368 e. The highest BCUT2D eigenvalue weighted by molar-refractivity contribution is 6.33. The molecule has 8 heteroatoms. The molecular formula is C16H12ClF2N3O2. The molecule has 1 atom stereocenters. The second-order valence-corrected chi connectivity index (χ2v) is 5.99. The zero-order valence-corrected chi connectivity index (χ0v) is 13.3. The van der Waals surface area contributed by atoms with Gasteiger partial charge in [-0.1, -0.05) is 23.7 Å². The van der Waals surface area contributed by atoms with Crippen molar-refractivity contribution in [1.29, 1.82) is 0 Å². The number of benzene rings is 1. The van der Waals surface area contributed by atoms with Gasteiger partial charge in [0.1, 0.15) is 23.6 Å². The number of rotatable bonds is 3. The van der Waals surface area contributed by atoms with Gasteiger partial charge in [0.25, 0.3) is 0 Å². The normalized spacial score (nSPS) is 19.5. The van der Waals surface area contributed by atoms with Crippen LogP contribution in [0.25, 0.3) is 0 Å². The van der Waals surface area contributed by atoms with Crippen LogP contribution in [0.5, 0.6) is 0 Å². The predicted octanol–water partition coefficient (Wildman–Crippen LogP) is 2.15. The van der Waals surface area contributed by atoms with Gasteiger partial charge in [-0.3, -0.25) is 14.5 Å². The van der Waals surface area contributed by atoms with Gasteiger partial charge in [-0.15, -0.1) is 0 Å². The van der Waals surface area contributed by atoms with Gasteiger partial charge in [-0.25, -0.2) is 13.8 Å². The smallest absolute Gasteiger partial charge is 0.243 e. The zero-order valence-electron chi connectivity index (χ0n) is 12.5. The Balaban J connectivity index is 2.28. The van der Waals surface area contributed by atoms with Crippen LogP contribution in [0.3, 0.4) is 0 Å². The van der Waals surface area contributed by atoms with Crippen molar-refractivity contribution in [3.63, 3.8) is 0 Å². The van der Waals surface area contributed by atoms with Crippen molar-refractivity contribution in [2.75, 3.05) is 11.4 Å². The van der Waals surface area contributed by atoms with E-state index >= 15 is 0 Å². The average Bonchev–Trinajstić information content (AvgIpc) is 2.74. The number of carbonyl (C=O) groups is 2. The van der Waals surface area contributed by atoms with Gasteiger partial charge in [0.05, 0.1) is 11.2 Å². The van der Waals surface area contributed by atoms with E-state index in [-0.39, 0.29) is 16.4 Å². The molecule has 0 unspecified atom stereocenters. The number of nitrogens with zero attached hydrogens (tertiary/aromatic N) is 2. The first kappa shape index (κ1) is 16.3. The third kappa shape index (κ3) is 2.24. The maximum atomic E-state index is 13.9. The van der Waals surface area contributed by atoms with E-state index in [1.807, 2.05) is 0 Å². The minimum absolute atomic E-state index is 0.0667. The predicted molar refractivity (Wildman–Crippen MR) is 83.6 cm³/mol. The minimum atomic E-state index is -1.41. The van der Waals surface area contributed by atoms with Crippen molar-refractivity contribution >= 4 is 29.2 Å². The fourth-order valence-corrected chi connectivity index (χ4v) is 3.25. The van der Waals surface area contributed by atoms with E-state index in [4.69, 9.17) is 17.3 Å². The second kappa shape index (κ2) is 5.52. The molecule has 2 aromatic rings. The molecular weight excluding hydrogens is 340 g/mol. The molecule has 124 valence electrons. The van der Waals surface area contributed by atoms with Crippen LogP contribution in [-0.4, -0.2) is 23.3 Å². The number of anilines is 1. The summed E-state index contributed by atoms with van der Waals surface area (Å²) in [6.45, 7) is 1.10. The Hall–Kier alpha value is -2.54. The zero-order chi connectivity index (χ0) is 17.6. The Kier molecular flexibility index (Phi) is 3.76. The number of nitrogens with two attached hydrogens (primary N) is 1. The summed E-state index contributed by atoms with van der Waals surface area (Å²) in [5.41, 5.74) is 4.30. The van der Waals surface area contributed by atoms with Crippen molar-refractivity contribution in [3.8, 4) is 0 Å². The van der Waals surface area contributed by atoms with Crippen LogP contribution in [0, 0.1) is 11.6 Å². The molecule has 0 spiro atoms. The topological polar surface area (TPSA) is 76.3 Å². The first-order valence-corrected chi connectivity index (χ1v) is 7.35. The summed E-state index contributed by atoms with van der Waals surface area (Å²) in [5.74, 6) is -2.50. The molecule has 1 aromatic carbocycles. The number of pyridine rings is 1. The van der Waals surface area contributed by atoms with Gasteiger partial charge in [-0.05, 0) is 24.6 Å². The first-order valence-electron chi connectivity index (χ1n) is 6.97. The van der Waals surface area contributed by atoms with Crippen LogP contribution in [-0.2, 0) is 15.0 Å². The van der Waals surface area contributed by atoms with Crippen LogP contribution in [0.1, 0.15) is 18.1 Å². The first-order chi connectivity index (χ1) is 11.3. The van der Waals surface area contributed by atoms with Gasteiger partial charge in [0, 0.05) is 5.56 Å². The number of halogens is 3. The lowest BCUT2D eigenvalue weighted by atomic mass is 9.77. The number of carbonyl (C=O) groups excluding carboxylic acids is 2. The Labute approximate surface area is 141 Å². The maximum absolute atomic E-state index is 13.9. The van der Waals surface area contributed by atoms with Crippen LogP contribution >= 0.6 is 11.6 Å². The lowest BCUT2D eigenvalue weighted by Crippen LogP contribution is -2.43. The molecule has 2 heterocycles. The molecule has 24 heavy (non-hydrogen) atoms. The van der Waals surface area contributed by atoms with Gasteiger partial charge in [-0.2, -0.15) is 0 Å². The van der Waals surface area contributed by atoms with Gasteiger partial charge in [0.15, 0.2) is 5.82 Å². The molecule has 2 N–H and O–H groups in total. The third-order valence-electron chi connectivity index (χ3n) is 4.12. The Morgan fingerprint density at radius 2 is 1.96 bits per heavy atom. The van der Waals surface area contributed by atoms with Crippen LogP contribution in [0.2, 0.25) is 5.02 Å². The van der Waals surface area contributed by atoms with E-state index < -0.39 is 35.4 Å². The molecule has 0 saturated carbocycles. The molecule has 1 aromatic heterocycles. The molecule has 0 fully saturated rings. The molecule has 5 nitrogen and oxygen atoms in total. The van der Waals surface area contributed by atoms with E-state index in [0.717, 1.165) is 11.1 Å². The lowest BCUT2D eigenvalue weighted by Gasteiger charge is -2.24. The SMILES string of the molecule is C[C@@]1(c2ccc(F)cc2)C(=O)N(CC(N)=O)c2ncc(F)c(Cl)c21. The van der Waals surface area contributed by atoms with Gasteiger partial charge >= 0.3 is 0 Å². The summed E-state index contributed by atoms with van der Waals surface area (Å²) < 4.78 is 27.2. The molecule has 0 radical (unpaired) electrons. The van der Waals surface area contributed by atoms with Gasteiger partial charge in [0.2, 0.25) is 11.8 Å². The highest BCUT2D eigenvalue weighted by Crippen LogP contribution is 2.48. The number of fused-ring (bicyclic) bond motifs is 1. The molecule has 3 rings (SSSR count). The lowest BCUT2D eigenvalue weighted by molar-refractivity contribution is -0.124. The third-order valence-corrected chi connectivity index (χ3v) is 4.49. The highest BCUT2D eigenvalue weighted by atomic mass is 35.5. The fourth-order valence-electron chi connectivity index (χ4n) is 2.93.